The first-order valence-electron chi connectivity index (χ1n) is 6.52. The van der Waals surface area contributed by atoms with Crippen molar-refractivity contribution in [2.24, 2.45) is 5.92 Å². The van der Waals surface area contributed by atoms with Crippen LogP contribution < -0.4 is 0 Å². The highest BCUT2D eigenvalue weighted by Crippen LogP contribution is 2.22. The molecule has 5 nitrogen and oxygen atoms in total. The highest BCUT2D eigenvalue weighted by molar-refractivity contribution is 7.89. The lowest BCUT2D eigenvalue weighted by molar-refractivity contribution is 0.175. The molecule has 0 radical (unpaired) electrons. The molecule has 0 bridgehead atoms. The van der Waals surface area contributed by atoms with E-state index in [1.165, 1.54) is 23.5 Å². The quantitative estimate of drug-likeness (QED) is 0.771. The van der Waals surface area contributed by atoms with Crippen LogP contribution in [-0.2, 0) is 14.8 Å². The molecule has 0 amide bonds. The summed E-state index contributed by atoms with van der Waals surface area (Å²) in [7, 11) is -2.47. The number of rotatable bonds is 7. The number of nitrogens with zero attached hydrogens (tertiary/aromatic N) is 2. The lowest BCUT2D eigenvalue weighted by Crippen LogP contribution is -2.37. The van der Waals surface area contributed by atoms with Gasteiger partial charge in [-0.2, -0.15) is 9.57 Å². The largest absolute Gasteiger partial charge is 0.383 e. The summed E-state index contributed by atoms with van der Waals surface area (Å²) in [6.45, 7) is 4.41. The van der Waals surface area contributed by atoms with Gasteiger partial charge in [-0.25, -0.2) is 12.8 Å². The van der Waals surface area contributed by atoms with Crippen molar-refractivity contribution >= 4 is 10.0 Å². The summed E-state index contributed by atoms with van der Waals surface area (Å²) in [5, 5.41) is 9.00. The molecule has 7 heteroatoms. The zero-order chi connectivity index (χ0) is 16.0. The molecular formula is C14H19FN2O3S. The van der Waals surface area contributed by atoms with Crippen LogP contribution in [0, 0.1) is 23.1 Å². The van der Waals surface area contributed by atoms with Gasteiger partial charge in [-0.1, -0.05) is 19.9 Å². The Hall–Kier alpha value is -1.49. The Balaban J connectivity index is 3.29. The van der Waals surface area contributed by atoms with Crippen LogP contribution in [0.4, 0.5) is 4.39 Å². The van der Waals surface area contributed by atoms with Crippen LogP contribution >= 0.6 is 0 Å². The third-order valence-electron chi connectivity index (χ3n) is 2.82. The molecule has 0 fully saturated rings. The Morgan fingerprint density at radius 2 is 2.10 bits per heavy atom. The van der Waals surface area contributed by atoms with Crippen molar-refractivity contribution in [2.75, 3.05) is 26.8 Å². The lowest BCUT2D eigenvalue weighted by atomic mass is 10.2. The average Bonchev–Trinajstić information content (AvgIpc) is 2.42. The summed E-state index contributed by atoms with van der Waals surface area (Å²) in [5.41, 5.74) is -0.455. The third-order valence-corrected chi connectivity index (χ3v) is 4.73. The Kier molecular flexibility index (Phi) is 6.27. The normalized spacial score (nSPS) is 11.9. The lowest BCUT2D eigenvalue weighted by Gasteiger charge is -2.24. The molecule has 0 aliphatic rings. The minimum absolute atomic E-state index is 0.0933. The van der Waals surface area contributed by atoms with E-state index < -0.39 is 21.4 Å². The molecule has 1 aromatic rings. The summed E-state index contributed by atoms with van der Waals surface area (Å²) >= 11 is 0. The number of methoxy groups -OCH3 is 1. The van der Waals surface area contributed by atoms with Gasteiger partial charge in [-0.05, 0) is 18.1 Å². The fourth-order valence-electron chi connectivity index (χ4n) is 1.88. The highest BCUT2D eigenvalue weighted by Gasteiger charge is 2.28. The predicted molar refractivity (Wildman–Crippen MR) is 76.6 cm³/mol. The van der Waals surface area contributed by atoms with Crippen molar-refractivity contribution in [3.8, 4) is 6.07 Å². The second-order valence-electron chi connectivity index (χ2n) is 4.97. The van der Waals surface area contributed by atoms with Gasteiger partial charge in [0.2, 0.25) is 10.0 Å². The number of hydrogen-bond donors (Lipinski definition) is 0. The second kappa shape index (κ2) is 7.50. The molecule has 21 heavy (non-hydrogen) atoms. The maximum Gasteiger partial charge on any atom is 0.244 e. The minimum atomic E-state index is -3.94. The van der Waals surface area contributed by atoms with Crippen LogP contribution in [0.2, 0.25) is 0 Å². The molecule has 0 saturated carbocycles. The van der Waals surface area contributed by atoms with Crippen molar-refractivity contribution in [2.45, 2.75) is 18.7 Å². The van der Waals surface area contributed by atoms with E-state index in [4.69, 9.17) is 10.00 Å². The highest BCUT2D eigenvalue weighted by atomic mass is 32.2. The van der Waals surface area contributed by atoms with Crippen molar-refractivity contribution in [1.29, 1.82) is 5.26 Å². The van der Waals surface area contributed by atoms with E-state index in [1.807, 2.05) is 13.8 Å². The number of hydrogen-bond acceptors (Lipinski definition) is 4. The number of benzene rings is 1. The van der Waals surface area contributed by atoms with Gasteiger partial charge in [0.1, 0.15) is 22.3 Å². The number of halogens is 1. The molecule has 1 rings (SSSR count). The average molecular weight is 314 g/mol. The van der Waals surface area contributed by atoms with Crippen LogP contribution in [0.5, 0.6) is 0 Å². The standard InChI is InChI=1S/C14H19FN2O3S/c1-11(2)10-17(7-8-20-3)21(18,19)14-6-4-5-13(15)12(14)9-16/h4-6,11H,7-8,10H2,1-3H3. The van der Waals surface area contributed by atoms with Gasteiger partial charge in [0.15, 0.2) is 0 Å². The molecular weight excluding hydrogens is 295 g/mol. The third kappa shape index (κ3) is 4.24. The fourth-order valence-corrected chi connectivity index (χ4v) is 3.62. The van der Waals surface area contributed by atoms with Gasteiger partial charge in [-0.15, -0.1) is 0 Å². The smallest absolute Gasteiger partial charge is 0.244 e. The van der Waals surface area contributed by atoms with Crippen LogP contribution in [0.1, 0.15) is 19.4 Å². The van der Waals surface area contributed by atoms with Crippen LogP contribution in [0.15, 0.2) is 23.1 Å². The first-order chi connectivity index (χ1) is 9.84. The van der Waals surface area contributed by atoms with E-state index in [1.54, 1.807) is 6.07 Å². The van der Waals surface area contributed by atoms with Gasteiger partial charge < -0.3 is 4.74 Å². The van der Waals surface area contributed by atoms with Gasteiger partial charge in [0.05, 0.1) is 6.61 Å². The number of ether oxygens (including phenoxy) is 1. The van der Waals surface area contributed by atoms with Gasteiger partial charge in [-0.3, -0.25) is 0 Å². The van der Waals surface area contributed by atoms with Gasteiger partial charge in [0.25, 0.3) is 0 Å². The maximum atomic E-state index is 13.6. The zero-order valence-electron chi connectivity index (χ0n) is 12.3. The second-order valence-corrected chi connectivity index (χ2v) is 6.88. The van der Waals surface area contributed by atoms with Crippen LogP contribution in [0.3, 0.4) is 0 Å². The van der Waals surface area contributed by atoms with Crippen LogP contribution in [-0.4, -0.2) is 39.5 Å². The zero-order valence-corrected chi connectivity index (χ0v) is 13.2. The van der Waals surface area contributed by atoms with E-state index >= 15 is 0 Å². The predicted octanol–water partition coefficient (Wildman–Crippen LogP) is 1.99. The summed E-state index contributed by atoms with van der Waals surface area (Å²) in [6, 6.07) is 5.22. The maximum absolute atomic E-state index is 13.6. The molecule has 0 aliphatic carbocycles. The van der Waals surface area contributed by atoms with Gasteiger partial charge in [0, 0.05) is 20.2 Å². The van der Waals surface area contributed by atoms with Crippen molar-refractivity contribution < 1.29 is 17.5 Å². The van der Waals surface area contributed by atoms with Gasteiger partial charge >= 0.3 is 0 Å². The molecule has 0 N–H and O–H groups in total. The van der Waals surface area contributed by atoms with E-state index in [0.717, 1.165) is 6.07 Å². The van der Waals surface area contributed by atoms with Crippen molar-refractivity contribution in [3.63, 3.8) is 0 Å². The molecule has 0 unspecified atom stereocenters. The molecule has 0 heterocycles. The van der Waals surface area contributed by atoms with E-state index in [0.29, 0.717) is 0 Å². The van der Waals surface area contributed by atoms with Crippen LogP contribution in [0.25, 0.3) is 0 Å². The van der Waals surface area contributed by atoms with Crippen molar-refractivity contribution in [3.05, 3.63) is 29.6 Å². The molecule has 0 aliphatic heterocycles. The minimum Gasteiger partial charge on any atom is -0.383 e. The molecule has 0 aromatic heterocycles. The Labute approximate surface area is 125 Å². The number of sulfonamides is 1. The summed E-state index contributed by atoms with van der Waals surface area (Å²) in [4.78, 5) is -0.304. The summed E-state index contributed by atoms with van der Waals surface area (Å²) in [5.74, 6) is -0.745. The fraction of sp³-hybridized carbons (Fsp3) is 0.500. The Morgan fingerprint density at radius 3 is 2.62 bits per heavy atom. The molecule has 1 aromatic carbocycles. The van der Waals surface area contributed by atoms with E-state index in [9.17, 15) is 12.8 Å². The molecule has 0 saturated heterocycles. The Morgan fingerprint density at radius 1 is 1.43 bits per heavy atom. The van der Waals surface area contributed by atoms with Crippen molar-refractivity contribution in [1.82, 2.24) is 4.31 Å². The summed E-state index contributed by atoms with van der Waals surface area (Å²) < 4.78 is 45.1. The first kappa shape index (κ1) is 17.6. The monoisotopic (exact) mass is 314 g/mol. The van der Waals surface area contributed by atoms with E-state index in [2.05, 4.69) is 0 Å². The number of nitriles is 1. The molecule has 116 valence electrons. The molecule has 0 spiro atoms. The van der Waals surface area contributed by atoms with E-state index in [-0.39, 0.29) is 30.5 Å². The first-order valence-corrected chi connectivity index (χ1v) is 7.96. The topological polar surface area (TPSA) is 70.4 Å². The Bertz CT molecular complexity index is 624. The SMILES string of the molecule is COCCN(CC(C)C)S(=O)(=O)c1cccc(F)c1C#N. The summed E-state index contributed by atoms with van der Waals surface area (Å²) in [6.07, 6.45) is 0. The molecule has 0 atom stereocenters.